The van der Waals surface area contributed by atoms with Crippen LogP contribution in [0.5, 0.6) is 5.75 Å². The molecular formula is C20H23N3O5S. The van der Waals surface area contributed by atoms with Crippen molar-refractivity contribution in [3.8, 4) is 5.75 Å². The number of sulfonamides is 1. The number of nitrogens with one attached hydrogen (secondary N) is 1. The van der Waals surface area contributed by atoms with Crippen LogP contribution in [0.15, 0.2) is 53.4 Å². The molecule has 0 aliphatic carbocycles. The third kappa shape index (κ3) is 4.75. The maximum absolute atomic E-state index is 12.6. The summed E-state index contributed by atoms with van der Waals surface area (Å²) >= 11 is 0. The fourth-order valence-corrected chi connectivity index (χ4v) is 4.19. The molecule has 29 heavy (non-hydrogen) atoms. The number of carbonyl (C=O) groups is 2. The molecule has 2 amide bonds. The van der Waals surface area contributed by atoms with Gasteiger partial charge in [-0.05, 0) is 55.0 Å². The van der Waals surface area contributed by atoms with Crippen LogP contribution in [-0.2, 0) is 19.6 Å². The highest BCUT2D eigenvalue weighted by Gasteiger charge is 2.24. The molecule has 0 bridgehead atoms. The number of ether oxygens (including phenoxy) is 1. The Morgan fingerprint density at radius 2 is 1.79 bits per heavy atom. The van der Waals surface area contributed by atoms with E-state index in [-0.39, 0.29) is 17.3 Å². The number of nitrogens with zero attached hydrogens (tertiary/aromatic N) is 2. The first kappa shape index (κ1) is 20.8. The number of anilines is 2. The minimum absolute atomic E-state index is 0.0771. The Labute approximate surface area is 170 Å². The lowest BCUT2D eigenvalue weighted by Crippen LogP contribution is -2.35. The average Bonchev–Trinajstić information content (AvgIpc) is 3.14. The maximum Gasteiger partial charge on any atom is 0.243 e. The van der Waals surface area contributed by atoms with E-state index in [1.807, 2.05) is 0 Å². The molecule has 0 saturated carbocycles. The van der Waals surface area contributed by atoms with E-state index in [4.69, 9.17) is 4.74 Å². The molecule has 3 rings (SSSR count). The van der Waals surface area contributed by atoms with Crippen molar-refractivity contribution in [1.82, 2.24) is 4.31 Å². The van der Waals surface area contributed by atoms with Crippen LogP contribution in [0.25, 0.3) is 0 Å². The summed E-state index contributed by atoms with van der Waals surface area (Å²) in [4.78, 5) is 25.9. The van der Waals surface area contributed by atoms with Gasteiger partial charge in [-0.15, -0.1) is 0 Å². The highest BCUT2D eigenvalue weighted by molar-refractivity contribution is 7.89. The van der Waals surface area contributed by atoms with Crippen molar-refractivity contribution in [3.63, 3.8) is 0 Å². The van der Waals surface area contributed by atoms with Crippen LogP contribution >= 0.6 is 0 Å². The quantitative estimate of drug-likeness (QED) is 0.744. The van der Waals surface area contributed by atoms with E-state index in [9.17, 15) is 18.0 Å². The van der Waals surface area contributed by atoms with Gasteiger partial charge in [0.05, 0.1) is 18.6 Å². The number of rotatable bonds is 7. The van der Waals surface area contributed by atoms with Gasteiger partial charge in [0.1, 0.15) is 5.75 Å². The summed E-state index contributed by atoms with van der Waals surface area (Å²) in [6, 6.07) is 12.9. The van der Waals surface area contributed by atoms with E-state index >= 15 is 0 Å². The van der Waals surface area contributed by atoms with Crippen molar-refractivity contribution in [1.29, 1.82) is 0 Å². The largest absolute Gasteiger partial charge is 0.497 e. The first-order valence-corrected chi connectivity index (χ1v) is 10.6. The van der Waals surface area contributed by atoms with E-state index in [0.717, 1.165) is 16.4 Å². The maximum atomic E-state index is 12.6. The lowest BCUT2D eigenvalue weighted by atomic mass is 10.2. The normalized spacial score (nSPS) is 14.3. The number of hydrogen-bond acceptors (Lipinski definition) is 5. The van der Waals surface area contributed by atoms with Crippen molar-refractivity contribution in [2.24, 2.45) is 0 Å². The summed E-state index contributed by atoms with van der Waals surface area (Å²) in [6.45, 7) is 0.360. The minimum Gasteiger partial charge on any atom is -0.497 e. The molecule has 0 spiro atoms. The van der Waals surface area contributed by atoms with E-state index in [1.54, 1.807) is 41.3 Å². The lowest BCUT2D eigenvalue weighted by molar-refractivity contribution is -0.117. The summed E-state index contributed by atoms with van der Waals surface area (Å²) in [7, 11) is -0.958. The van der Waals surface area contributed by atoms with E-state index in [0.29, 0.717) is 24.4 Å². The van der Waals surface area contributed by atoms with Crippen molar-refractivity contribution >= 4 is 33.2 Å². The van der Waals surface area contributed by atoms with Crippen LogP contribution < -0.4 is 15.0 Å². The number of amides is 2. The first-order valence-electron chi connectivity index (χ1n) is 9.12. The predicted octanol–water partition coefficient (Wildman–Crippen LogP) is 2.08. The molecule has 8 nitrogen and oxygen atoms in total. The van der Waals surface area contributed by atoms with Crippen LogP contribution in [0.1, 0.15) is 12.8 Å². The lowest BCUT2D eigenvalue weighted by Gasteiger charge is -2.18. The molecule has 0 atom stereocenters. The Balaban J connectivity index is 1.61. The zero-order valence-electron chi connectivity index (χ0n) is 16.3. The number of hydrogen-bond donors (Lipinski definition) is 1. The van der Waals surface area contributed by atoms with Gasteiger partial charge in [-0.3, -0.25) is 9.59 Å². The second-order valence-corrected chi connectivity index (χ2v) is 8.73. The van der Waals surface area contributed by atoms with Crippen molar-refractivity contribution in [3.05, 3.63) is 48.5 Å². The minimum atomic E-state index is -3.80. The van der Waals surface area contributed by atoms with Crippen LogP contribution in [0, 0.1) is 0 Å². The second kappa shape index (κ2) is 8.62. The fraction of sp³-hybridized carbons (Fsp3) is 0.300. The Morgan fingerprint density at radius 1 is 1.14 bits per heavy atom. The van der Waals surface area contributed by atoms with Crippen molar-refractivity contribution in [2.45, 2.75) is 17.7 Å². The third-order valence-corrected chi connectivity index (χ3v) is 6.49. The van der Waals surface area contributed by atoms with E-state index in [1.165, 1.54) is 26.3 Å². The molecule has 1 N–H and O–H groups in total. The monoisotopic (exact) mass is 417 g/mol. The van der Waals surface area contributed by atoms with Gasteiger partial charge in [0.15, 0.2) is 0 Å². The van der Waals surface area contributed by atoms with Gasteiger partial charge in [0.2, 0.25) is 21.8 Å². The molecule has 1 saturated heterocycles. The van der Waals surface area contributed by atoms with E-state index < -0.39 is 15.9 Å². The van der Waals surface area contributed by atoms with Crippen LogP contribution in [0.3, 0.4) is 0 Å². The van der Waals surface area contributed by atoms with Crippen LogP contribution in [0.4, 0.5) is 11.4 Å². The molecule has 154 valence electrons. The standard InChI is InChI=1S/C20H23N3O5S/c1-22(29(26,27)18-11-9-17(28-2)10-12-18)14-19(24)21-15-5-7-16(8-6-15)23-13-3-4-20(23)25/h5-12H,3-4,13-14H2,1-2H3,(H,21,24). The van der Waals surface area contributed by atoms with Gasteiger partial charge >= 0.3 is 0 Å². The number of methoxy groups -OCH3 is 1. The van der Waals surface area contributed by atoms with Gasteiger partial charge in [-0.25, -0.2) is 8.42 Å². The molecule has 0 unspecified atom stereocenters. The summed E-state index contributed by atoms with van der Waals surface area (Å²) in [6.07, 6.45) is 1.39. The molecule has 1 fully saturated rings. The summed E-state index contributed by atoms with van der Waals surface area (Å²) < 4.78 is 31.2. The van der Waals surface area contributed by atoms with Gasteiger partial charge in [0, 0.05) is 31.4 Å². The molecule has 2 aromatic rings. The zero-order valence-corrected chi connectivity index (χ0v) is 17.1. The highest BCUT2D eigenvalue weighted by atomic mass is 32.2. The zero-order chi connectivity index (χ0) is 21.0. The van der Waals surface area contributed by atoms with Crippen molar-refractivity contribution < 1.29 is 22.7 Å². The number of carbonyl (C=O) groups excluding carboxylic acids is 2. The molecule has 2 aromatic carbocycles. The SMILES string of the molecule is COc1ccc(S(=O)(=O)N(C)CC(=O)Nc2ccc(N3CCCC3=O)cc2)cc1. The highest BCUT2D eigenvalue weighted by Crippen LogP contribution is 2.23. The number of likely N-dealkylation sites (N-methyl/N-ethyl adjacent to an activating group) is 1. The molecule has 1 aliphatic heterocycles. The van der Waals surface area contributed by atoms with Gasteiger partial charge in [-0.2, -0.15) is 4.31 Å². The van der Waals surface area contributed by atoms with Gasteiger partial charge in [0.25, 0.3) is 0 Å². The smallest absolute Gasteiger partial charge is 0.243 e. The molecule has 0 aromatic heterocycles. The Morgan fingerprint density at radius 3 is 2.34 bits per heavy atom. The van der Waals surface area contributed by atoms with Crippen molar-refractivity contribution in [2.75, 3.05) is 37.5 Å². The summed E-state index contributed by atoms with van der Waals surface area (Å²) in [5.74, 6) is 0.171. The second-order valence-electron chi connectivity index (χ2n) is 6.68. The first-order chi connectivity index (χ1) is 13.8. The molecule has 1 heterocycles. The average molecular weight is 417 g/mol. The van der Waals surface area contributed by atoms with Gasteiger partial charge < -0.3 is 15.0 Å². The predicted molar refractivity (Wildman–Crippen MR) is 109 cm³/mol. The Kier molecular flexibility index (Phi) is 6.19. The van der Waals surface area contributed by atoms with E-state index in [2.05, 4.69) is 5.32 Å². The summed E-state index contributed by atoms with van der Waals surface area (Å²) in [5, 5.41) is 2.68. The molecule has 9 heteroatoms. The Bertz CT molecular complexity index is 988. The molecule has 1 aliphatic rings. The topological polar surface area (TPSA) is 96.0 Å². The molecule has 0 radical (unpaired) electrons. The van der Waals surface area contributed by atoms with Crippen LogP contribution in [-0.4, -0.2) is 51.8 Å². The fourth-order valence-electron chi connectivity index (χ4n) is 3.06. The number of benzene rings is 2. The Hall–Kier alpha value is -2.91. The molecular weight excluding hydrogens is 394 g/mol. The van der Waals surface area contributed by atoms with Gasteiger partial charge in [-0.1, -0.05) is 0 Å². The van der Waals surface area contributed by atoms with Crippen LogP contribution in [0.2, 0.25) is 0 Å². The summed E-state index contributed by atoms with van der Waals surface area (Å²) in [5.41, 5.74) is 1.31. The third-order valence-electron chi connectivity index (χ3n) is 4.67.